The Hall–Kier alpha value is -1.45. The van der Waals surface area contributed by atoms with Gasteiger partial charge in [0.15, 0.2) is 0 Å². The molecule has 0 aromatic rings. The van der Waals surface area contributed by atoms with Gasteiger partial charge in [-0.3, -0.25) is 4.79 Å². The van der Waals surface area contributed by atoms with Gasteiger partial charge in [0, 0.05) is 12.6 Å². The molecule has 0 bridgehead atoms. The molecule has 0 spiro atoms. The number of carbonyl (C=O) groups is 1. The van der Waals surface area contributed by atoms with E-state index in [4.69, 9.17) is 11.5 Å². The van der Waals surface area contributed by atoms with Crippen molar-refractivity contribution >= 4 is 5.91 Å². The van der Waals surface area contributed by atoms with Crippen molar-refractivity contribution in [2.45, 2.75) is 39.0 Å². The molecule has 0 saturated heterocycles. The molecule has 0 aromatic heterocycles. The summed E-state index contributed by atoms with van der Waals surface area (Å²) in [6, 6.07) is 0. The molecule has 1 saturated carbocycles. The van der Waals surface area contributed by atoms with E-state index in [1.165, 1.54) is 26.2 Å². The van der Waals surface area contributed by atoms with Crippen LogP contribution in [0.2, 0.25) is 0 Å². The highest BCUT2D eigenvalue weighted by Crippen LogP contribution is 2.27. The van der Waals surface area contributed by atoms with Gasteiger partial charge in [-0.05, 0) is 30.9 Å². The number of carbonyl (C=O) groups excluding carboxylic acids is 1. The Morgan fingerprint density at radius 3 is 2.38 bits per heavy atom. The summed E-state index contributed by atoms with van der Waals surface area (Å²) in [6.07, 6.45) is 9.61. The second-order valence-electron chi connectivity index (χ2n) is 4.30. The molecule has 1 rings (SSSR count). The maximum atomic E-state index is 10.7. The van der Waals surface area contributed by atoms with Gasteiger partial charge in [-0.1, -0.05) is 19.3 Å². The summed E-state index contributed by atoms with van der Waals surface area (Å²) in [5.74, 6) is 0.653. The van der Waals surface area contributed by atoms with Gasteiger partial charge in [-0.25, -0.2) is 0 Å². The average molecular weight is 223 g/mol. The summed E-state index contributed by atoms with van der Waals surface area (Å²) in [4.78, 5) is 10.7. The lowest BCUT2D eigenvalue weighted by molar-refractivity contribution is -0.118. The number of nitrogens with one attached hydrogen (secondary N) is 1. The molecule has 0 heterocycles. The summed E-state index contributed by atoms with van der Waals surface area (Å²) in [5.41, 5.74) is 12.4. The van der Waals surface area contributed by atoms with E-state index in [0.29, 0.717) is 11.7 Å². The minimum absolute atomic E-state index is 0.168. The monoisotopic (exact) mass is 223 g/mol. The molecule has 1 amide bonds. The molecule has 0 radical (unpaired) electrons. The van der Waals surface area contributed by atoms with Crippen molar-refractivity contribution in [3.63, 3.8) is 0 Å². The van der Waals surface area contributed by atoms with Gasteiger partial charge in [0.2, 0.25) is 5.91 Å². The van der Waals surface area contributed by atoms with Crippen LogP contribution in [0.5, 0.6) is 0 Å². The SMILES string of the molecule is CC(=O)N/C(N)=C/C=C(\N)C1CCCCC1. The van der Waals surface area contributed by atoms with Gasteiger partial charge >= 0.3 is 0 Å². The third-order valence-corrected chi connectivity index (χ3v) is 2.85. The zero-order chi connectivity index (χ0) is 12.0. The number of nitrogens with two attached hydrogens (primary N) is 2. The fourth-order valence-corrected chi connectivity index (χ4v) is 2.00. The van der Waals surface area contributed by atoms with E-state index in [0.717, 1.165) is 18.5 Å². The van der Waals surface area contributed by atoms with Gasteiger partial charge in [0.1, 0.15) is 5.82 Å². The van der Waals surface area contributed by atoms with E-state index in [2.05, 4.69) is 5.32 Å². The van der Waals surface area contributed by atoms with E-state index >= 15 is 0 Å². The summed E-state index contributed by atoms with van der Waals surface area (Å²) in [7, 11) is 0. The van der Waals surface area contributed by atoms with Crippen LogP contribution in [-0.4, -0.2) is 5.91 Å². The lowest BCUT2D eigenvalue weighted by Crippen LogP contribution is -2.24. The summed E-state index contributed by atoms with van der Waals surface area (Å²) in [5, 5.41) is 2.50. The highest BCUT2D eigenvalue weighted by molar-refractivity contribution is 5.74. The minimum Gasteiger partial charge on any atom is -0.402 e. The topological polar surface area (TPSA) is 81.1 Å². The van der Waals surface area contributed by atoms with Crippen LogP contribution in [0, 0.1) is 5.92 Å². The molecule has 4 nitrogen and oxygen atoms in total. The average Bonchev–Trinajstić information content (AvgIpc) is 2.26. The molecule has 1 fully saturated rings. The van der Waals surface area contributed by atoms with Crippen molar-refractivity contribution in [1.29, 1.82) is 0 Å². The van der Waals surface area contributed by atoms with Crippen LogP contribution in [0.1, 0.15) is 39.0 Å². The molecule has 0 atom stereocenters. The Labute approximate surface area is 96.8 Å². The highest BCUT2D eigenvalue weighted by atomic mass is 16.1. The van der Waals surface area contributed by atoms with Crippen LogP contribution in [0.3, 0.4) is 0 Å². The number of hydrogen-bond acceptors (Lipinski definition) is 3. The zero-order valence-corrected chi connectivity index (χ0v) is 9.83. The smallest absolute Gasteiger partial charge is 0.222 e. The largest absolute Gasteiger partial charge is 0.402 e. The van der Waals surface area contributed by atoms with Crippen LogP contribution in [0.4, 0.5) is 0 Å². The zero-order valence-electron chi connectivity index (χ0n) is 9.83. The van der Waals surface area contributed by atoms with Crippen LogP contribution in [0.15, 0.2) is 23.7 Å². The van der Waals surface area contributed by atoms with Gasteiger partial charge in [0.05, 0.1) is 0 Å². The Morgan fingerprint density at radius 1 is 1.19 bits per heavy atom. The van der Waals surface area contributed by atoms with Crippen molar-refractivity contribution < 1.29 is 4.79 Å². The molecular weight excluding hydrogens is 202 g/mol. The predicted molar refractivity (Wildman–Crippen MR) is 64.9 cm³/mol. The maximum Gasteiger partial charge on any atom is 0.222 e. The summed E-state index contributed by atoms with van der Waals surface area (Å²) in [6.45, 7) is 1.43. The molecule has 1 aliphatic carbocycles. The van der Waals surface area contributed by atoms with Crippen molar-refractivity contribution in [1.82, 2.24) is 5.32 Å². The Bertz CT molecular complexity index is 301. The quantitative estimate of drug-likeness (QED) is 0.632. The van der Waals surface area contributed by atoms with Crippen LogP contribution in [0.25, 0.3) is 0 Å². The molecule has 0 unspecified atom stereocenters. The van der Waals surface area contributed by atoms with E-state index in [1.807, 2.05) is 0 Å². The normalized spacial score (nSPS) is 19.6. The second kappa shape index (κ2) is 6.20. The lowest BCUT2D eigenvalue weighted by atomic mass is 9.87. The summed E-state index contributed by atoms with van der Waals surface area (Å²) >= 11 is 0. The first-order valence-corrected chi connectivity index (χ1v) is 5.80. The number of rotatable bonds is 3. The molecular formula is C12H21N3O. The van der Waals surface area contributed by atoms with Crippen LogP contribution < -0.4 is 16.8 Å². The fourth-order valence-electron chi connectivity index (χ4n) is 2.00. The van der Waals surface area contributed by atoms with E-state index in [1.54, 1.807) is 12.2 Å². The van der Waals surface area contributed by atoms with Gasteiger partial charge in [-0.15, -0.1) is 0 Å². The number of hydrogen-bond donors (Lipinski definition) is 3. The Kier molecular flexibility index (Phi) is 4.89. The minimum atomic E-state index is -0.168. The van der Waals surface area contributed by atoms with Gasteiger partial charge in [0.25, 0.3) is 0 Å². The maximum absolute atomic E-state index is 10.7. The predicted octanol–water partition coefficient (Wildman–Crippen LogP) is 1.35. The molecule has 0 aliphatic heterocycles. The van der Waals surface area contributed by atoms with E-state index in [9.17, 15) is 4.79 Å². The Morgan fingerprint density at radius 2 is 1.81 bits per heavy atom. The summed E-state index contributed by atoms with van der Waals surface area (Å²) < 4.78 is 0. The van der Waals surface area contributed by atoms with E-state index < -0.39 is 0 Å². The first kappa shape index (κ1) is 12.6. The number of allylic oxidation sites excluding steroid dienone is 3. The molecule has 5 N–H and O–H groups in total. The van der Waals surface area contributed by atoms with Crippen molar-refractivity contribution in [2.75, 3.05) is 0 Å². The third-order valence-electron chi connectivity index (χ3n) is 2.85. The third kappa shape index (κ3) is 4.38. The molecule has 16 heavy (non-hydrogen) atoms. The van der Waals surface area contributed by atoms with Gasteiger partial charge in [-0.2, -0.15) is 0 Å². The molecule has 0 aromatic carbocycles. The van der Waals surface area contributed by atoms with Gasteiger partial charge < -0.3 is 16.8 Å². The second-order valence-corrected chi connectivity index (χ2v) is 4.30. The van der Waals surface area contributed by atoms with E-state index in [-0.39, 0.29) is 5.91 Å². The Balaban J connectivity index is 2.51. The molecule has 1 aliphatic rings. The lowest BCUT2D eigenvalue weighted by Gasteiger charge is -2.21. The van der Waals surface area contributed by atoms with Crippen LogP contribution in [-0.2, 0) is 4.79 Å². The van der Waals surface area contributed by atoms with Crippen LogP contribution >= 0.6 is 0 Å². The standard InChI is InChI=1S/C12H21N3O/c1-9(16)15-12(14)8-7-11(13)10-5-3-2-4-6-10/h7-8,10H,2-6,13-14H2,1H3,(H,15,16)/b11-7-,12-8+. The first-order chi connectivity index (χ1) is 7.59. The van der Waals surface area contributed by atoms with Crippen molar-refractivity contribution in [3.05, 3.63) is 23.7 Å². The first-order valence-electron chi connectivity index (χ1n) is 5.80. The highest BCUT2D eigenvalue weighted by Gasteiger charge is 2.14. The van der Waals surface area contributed by atoms with Crippen molar-refractivity contribution in [3.8, 4) is 0 Å². The number of amides is 1. The molecule has 90 valence electrons. The van der Waals surface area contributed by atoms with Crippen molar-refractivity contribution in [2.24, 2.45) is 17.4 Å². The molecule has 4 heteroatoms. The fraction of sp³-hybridized carbons (Fsp3) is 0.583.